The molecule has 0 aliphatic carbocycles. The summed E-state index contributed by atoms with van der Waals surface area (Å²) < 4.78 is 0.431. The van der Waals surface area contributed by atoms with Gasteiger partial charge >= 0.3 is 5.97 Å². The number of carboxylic acids is 1. The molecule has 0 spiro atoms. The average molecular weight is 341 g/mol. The van der Waals surface area contributed by atoms with Crippen molar-refractivity contribution in [3.63, 3.8) is 0 Å². The van der Waals surface area contributed by atoms with E-state index in [4.69, 9.17) is 12.2 Å². The Kier molecular flexibility index (Phi) is 4.27. The van der Waals surface area contributed by atoms with Crippen LogP contribution in [-0.2, 0) is 4.79 Å². The van der Waals surface area contributed by atoms with Crippen LogP contribution in [0.25, 0.3) is 6.08 Å². The fourth-order valence-corrected chi connectivity index (χ4v) is 3.52. The monoisotopic (exact) mass is 341 g/mol. The van der Waals surface area contributed by atoms with Gasteiger partial charge in [-0.3, -0.25) is 9.69 Å². The highest BCUT2D eigenvalue weighted by Gasteiger charge is 2.33. The molecule has 6 heteroatoms. The molecule has 1 aliphatic rings. The lowest BCUT2D eigenvalue weighted by atomic mass is 10.1. The van der Waals surface area contributed by atoms with Crippen molar-refractivity contribution in [1.29, 1.82) is 0 Å². The van der Waals surface area contributed by atoms with E-state index in [2.05, 4.69) is 0 Å². The first-order valence-electron chi connectivity index (χ1n) is 6.73. The number of carbonyl (C=O) groups is 2. The fraction of sp³-hybridized carbons (Fsp3) is 0. The molecule has 1 heterocycles. The van der Waals surface area contributed by atoms with E-state index in [-0.39, 0.29) is 11.5 Å². The first-order chi connectivity index (χ1) is 11.1. The number of hydrogen-bond donors (Lipinski definition) is 1. The maximum absolute atomic E-state index is 12.6. The van der Waals surface area contributed by atoms with E-state index in [1.165, 1.54) is 22.7 Å². The number of carbonyl (C=O) groups excluding carboxylic acids is 1. The number of hydrogen-bond acceptors (Lipinski definition) is 4. The topological polar surface area (TPSA) is 57.6 Å². The quantitative estimate of drug-likeness (QED) is 0.680. The molecule has 1 N–H and O–H groups in total. The van der Waals surface area contributed by atoms with Crippen molar-refractivity contribution in [3.05, 3.63) is 70.6 Å². The number of benzene rings is 2. The van der Waals surface area contributed by atoms with Gasteiger partial charge in [0.25, 0.3) is 5.91 Å². The van der Waals surface area contributed by atoms with Crippen LogP contribution in [0, 0.1) is 0 Å². The van der Waals surface area contributed by atoms with Gasteiger partial charge in [0.15, 0.2) is 4.32 Å². The Morgan fingerprint density at radius 3 is 2.43 bits per heavy atom. The molecule has 2 aromatic rings. The average Bonchev–Trinajstić information content (AvgIpc) is 2.82. The van der Waals surface area contributed by atoms with Crippen LogP contribution in [0.4, 0.5) is 5.69 Å². The van der Waals surface area contributed by atoms with Gasteiger partial charge in [-0.15, -0.1) is 0 Å². The van der Waals surface area contributed by atoms with Crippen molar-refractivity contribution in [2.24, 2.45) is 0 Å². The molecular weight excluding hydrogens is 330 g/mol. The fourth-order valence-electron chi connectivity index (χ4n) is 2.23. The molecule has 1 amide bonds. The Bertz CT molecular complexity index is 831. The normalized spacial score (nSPS) is 16.2. The van der Waals surface area contributed by atoms with Crippen molar-refractivity contribution in [2.75, 3.05) is 4.90 Å². The van der Waals surface area contributed by atoms with Crippen LogP contribution >= 0.6 is 24.0 Å². The number of para-hydroxylation sites is 1. The largest absolute Gasteiger partial charge is 0.478 e. The van der Waals surface area contributed by atoms with E-state index in [1.807, 2.05) is 18.2 Å². The number of thiocarbonyl (C=S) groups is 1. The van der Waals surface area contributed by atoms with E-state index < -0.39 is 5.97 Å². The Morgan fingerprint density at radius 2 is 1.74 bits per heavy atom. The molecule has 0 unspecified atom stereocenters. The van der Waals surface area contributed by atoms with Crippen LogP contribution in [0.5, 0.6) is 0 Å². The SMILES string of the molecule is O=C(O)c1ccccc1C=C1SC(=S)N(c2ccccc2)C1=O. The zero-order valence-electron chi connectivity index (χ0n) is 11.8. The van der Waals surface area contributed by atoms with Crippen molar-refractivity contribution < 1.29 is 14.7 Å². The minimum Gasteiger partial charge on any atom is -0.478 e. The molecule has 1 aliphatic heterocycles. The van der Waals surface area contributed by atoms with E-state index in [0.29, 0.717) is 20.5 Å². The molecule has 1 saturated heterocycles. The Balaban J connectivity index is 1.99. The third-order valence-electron chi connectivity index (χ3n) is 3.29. The van der Waals surface area contributed by atoms with Gasteiger partial charge in [0, 0.05) is 0 Å². The molecule has 3 rings (SSSR count). The van der Waals surface area contributed by atoms with E-state index in [0.717, 1.165) is 0 Å². The van der Waals surface area contributed by atoms with Gasteiger partial charge in [0.2, 0.25) is 0 Å². The maximum atomic E-state index is 12.6. The Morgan fingerprint density at radius 1 is 1.09 bits per heavy atom. The zero-order chi connectivity index (χ0) is 16.4. The minimum atomic E-state index is -1.03. The molecule has 114 valence electrons. The summed E-state index contributed by atoms with van der Waals surface area (Å²) in [4.78, 5) is 25.7. The predicted molar refractivity (Wildman–Crippen MR) is 95.5 cm³/mol. The van der Waals surface area contributed by atoms with Gasteiger partial charge in [0.1, 0.15) is 0 Å². The molecule has 23 heavy (non-hydrogen) atoms. The lowest BCUT2D eigenvalue weighted by Crippen LogP contribution is -2.27. The van der Waals surface area contributed by atoms with Crippen LogP contribution in [-0.4, -0.2) is 21.3 Å². The van der Waals surface area contributed by atoms with Crippen molar-refractivity contribution in [1.82, 2.24) is 0 Å². The van der Waals surface area contributed by atoms with Gasteiger partial charge in [-0.25, -0.2) is 4.79 Å². The molecule has 0 radical (unpaired) electrons. The highest BCUT2D eigenvalue weighted by molar-refractivity contribution is 8.27. The van der Waals surface area contributed by atoms with Crippen LogP contribution in [0.2, 0.25) is 0 Å². The third-order valence-corrected chi connectivity index (χ3v) is 4.59. The smallest absolute Gasteiger partial charge is 0.336 e. The number of aromatic carboxylic acids is 1. The second-order valence-corrected chi connectivity index (χ2v) is 6.42. The number of nitrogens with zero attached hydrogens (tertiary/aromatic N) is 1. The van der Waals surface area contributed by atoms with Crippen LogP contribution in [0.15, 0.2) is 59.5 Å². The lowest BCUT2D eigenvalue weighted by Gasteiger charge is -2.13. The summed E-state index contributed by atoms with van der Waals surface area (Å²) in [5.74, 6) is -1.28. The second kappa shape index (κ2) is 6.36. The van der Waals surface area contributed by atoms with Crippen LogP contribution in [0.3, 0.4) is 0 Å². The van der Waals surface area contributed by atoms with Gasteiger partial charge in [-0.05, 0) is 29.8 Å². The van der Waals surface area contributed by atoms with Gasteiger partial charge in [0.05, 0.1) is 16.2 Å². The molecule has 4 nitrogen and oxygen atoms in total. The minimum absolute atomic E-state index is 0.150. The maximum Gasteiger partial charge on any atom is 0.336 e. The van der Waals surface area contributed by atoms with E-state index in [1.54, 1.807) is 36.4 Å². The lowest BCUT2D eigenvalue weighted by molar-refractivity contribution is -0.113. The number of carboxylic acid groups (broad SMARTS) is 1. The summed E-state index contributed by atoms with van der Waals surface area (Å²) in [6, 6.07) is 15.7. The highest BCUT2D eigenvalue weighted by atomic mass is 32.2. The first kappa shape index (κ1) is 15.5. The summed E-state index contributed by atoms with van der Waals surface area (Å²) in [5.41, 5.74) is 1.33. The molecule has 0 saturated carbocycles. The predicted octanol–water partition coefficient (Wildman–Crippen LogP) is 3.79. The Hall–Kier alpha value is -2.44. The molecular formula is C17H11NO3S2. The van der Waals surface area contributed by atoms with E-state index >= 15 is 0 Å². The van der Waals surface area contributed by atoms with Gasteiger partial charge < -0.3 is 5.11 Å². The zero-order valence-corrected chi connectivity index (χ0v) is 13.4. The second-order valence-electron chi connectivity index (χ2n) is 4.75. The summed E-state index contributed by atoms with van der Waals surface area (Å²) in [6.07, 6.45) is 1.58. The summed E-state index contributed by atoms with van der Waals surface area (Å²) in [6.45, 7) is 0. The first-order valence-corrected chi connectivity index (χ1v) is 7.96. The van der Waals surface area contributed by atoms with Crippen molar-refractivity contribution in [2.45, 2.75) is 0 Å². The molecule has 0 bridgehead atoms. The summed E-state index contributed by atoms with van der Waals surface area (Å²) in [5, 5.41) is 9.23. The molecule has 0 aromatic heterocycles. The molecule has 0 atom stereocenters. The highest BCUT2D eigenvalue weighted by Crippen LogP contribution is 2.36. The van der Waals surface area contributed by atoms with Crippen LogP contribution in [0.1, 0.15) is 15.9 Å². The number of rotatable bonds is 3. The molecule has 2 aromatic carbocycles. The van der Waals surface area contributed by atoms with Gasteiger partial charge in [-0.1, -0.05) is 60.4 Å². The molecule has 1 fully saturated rings. The summed E-state index contributed by atoms with van der Waals surface area (Å²) in [7, 11) is 0. The summed E-state index contributed by atoms with van der Waals surface area (Å²) >= 11 is 6.46. The standard InChI is InChI=1S/C17H11NO3S2/c19-15-14(10-11-6-4-5-9-13(11)16(20)21)23-17(22)18(15)12-7-2-1-3-8-12/h1-10H,(H,20,21). The van der Waals surface area contributed by atoms with Crippen molar-refractivity contribution >= 4 is 51.9 Å². The Labute approximate surface area is 142 Å². The van der Waals surface area contributed by atoms with Crippen molar-refractivity contribution in [3.8, 4) is 0 Å². The number of anilines is 1. The van der Waals surface area contributed by atoms with Gasteiger partial charge in [-0.2, -0.15) is 0 Å². The number of thioether (sulfide) groups is 1. The van der Waals surface area contributed by atoms with E-state index in [9.17, 15) is 14.7 Å². The van der Waals surface area contributed by atoms with Crippen LogP contribution < -0.4 is 4.90 Å². The third kappa shape index (κ3) is 3.04. The number of amides is 1.